The van der Waals surface area contributed by atoms with Gasteiger partial charge in [0.25, 0.3) is 0 Å². The zero-order valence-corrected chi connectivity index (χ0v) is 71.6. The highest BCUT2D eigenvalue weighted by molar-refractivity contribution is 5.82. The molecule has 0 unspecified atom stereocenters. The van der Waals surface area contributed by atoms with Gasteiger partial charge in [-0.3, -0.25) is 10.1 Å². The number of aromatic nitrogens is 4. The van der Waals surface area contributed by atoms with Gasteiger partial charge in [-0.05, 0) is 88.3 Å². The van der Waals surface area contributed by atoms with Crippen molar-refractivity contribution in [2.45, 2.75) is 234 Å². The van der Waals surface area contributed by atoms with Crippen molar-refractivity contribution in [3.63, 3.8) is 0 Å². The van der Waals surface area contributed by atoms with Crippen molar-refractivity contribution in [1.29, 1.82) is 0 Å². The minimum absolute atomic E-state index is 0.860. The maximum atomic E-state index is 5.30. The van der Waals surface area contributed by atoms with Crippen molar-refractivity contribution in [3.05, 3.63) is 291 Å². The molecule has 0 atom stereocenters. The number of furan rings is 1. The minimum atomic E-state index is 0.860. The fourth-order valence-corrected chi connectivity index (χ4v) is 7.68. The van der Waals surface area contributed by atoms with E-state index in [1.165, 1.54) is 50.3 Å². The normalized spacial score (nSPS) is 8.58. The number of nitrogens with zero attached hydrogens (tertiary/aromatic N) is 2. The van der Waals surface area contributed by atoms with E-state index in [0.717, 1.165) is 52.7 Å². The summed E-state index contributed by atoms with van der Waals surface area (Å²) in [7, 11) is 0. The Bertz CT molecular complexity index is 2980. The molecular weight excluding hydrogens is 1260 g/mol. The second-order valence-electron chi connectivity index (χ2n) is 16.2. The van der Waals surface area contributed by atoms with Crippen LogP contribution in [0.2, 0.25) is 0 Å². The minimum Gasteiger partial charge on any atom is -0.493 e. The molecule has 0 fully saturated rings. The van der Waals surface area contributed by atoms with E-state index in [0.29, 0.717) is 0 Å². The molecule has 9 aromatic carbocycles. The summed E-state index contributed by atoms with van der Waals surface area (Å²) in [5, 5.41) is 17.5. The molecule has 103 heavy (non-hydrogen) atoms. The van der Waals surface area contributed by atoms with Crippen molar-refractivity contribution >= 4 is 60.1 Å². The Morgan fingerprint density at radius 2 is 0.689 bits per heavy atom. The number of hydrogen-bond acceptors (Lipinski definition) is 5. The summed E-state index contributed by atoms with van der Waals surface area (Å²) < 4.78 is 10.4. The van der Waals surface area contributed by atoms with Crippen LogP contribution >= 0.6 is 0 Å². The number of nitrogens with one attached hydrogen (secondary N) is 3. The third kappa shape index (κ3) is 55.1. The van der Waals surface area contributed by atoms with E-state index in [9.17, 15) is 0 Å². The van der Waals surface area contributed by atoms with Gasteiger partial charge in [-0.15, -0.1) is 0 Å². The van der Waals surface area contributed by atoms with Crippen LogP contribution in [0.5, 0.6) is 5.75 Å². The van der Waals surface area contributed by atoms with Crippen LogP contribution in [0.3, 0.4) is 0 Å². The number of para-hydroxylation sites is 6. The van der Waals surface area contributed by atoms with Crippen LogP contribution in [0.4, 0.5) is 5.69 Å². The van der Waals surface area contributed by atoms with Gasteiger partial charge < -0.3 is 19.5 Å². The van der Waals surface area contributed by atoms with Gasteiger partial charge in [-0.2, -0.15) is 5.10 Å². The van der Waals surface area contributed by atoms with E-state index in [-0.39, 0.29) is 0 Å². The zero-order valence-electron chi connectivity index (χ0n) is 71.6. The Balaban J connectivity index is -0.000000133. The highest BCUT2D eigenvalue weighted by Crippen LogP contribution is 2.23. The summed E-state index contributed by atoms with van der Waals surface area (Å²) in [6.07, 6.45) is 9.54. The van der Waals surface area contributed by atoms with Crippen LogP contribution in [0.1, 0.15) is 233 Å². The zero-order chi connectivity index (χ0) is 80.4. The van der Waals surface area contributed by atoms with Crippen LogP contribution < -0.4 is 10.1 Å². The number of H-pyrrole nitrogens is 2. The van der Waals surface area contributed by atoms with E-state index >= 15 is 0 Å². The van der Waals surface area contributed by atoms with Gasteiger partial charge in [0, 0.05) is 52.7 Å². The van der Waals surface area contributed by atoms with E-state index in [2.05, 4.69) is 135 Å². The molecular formula is C96H153N5O2. The number of ether oxygens (including phenoxy) is 1. The summed E-state index contributed by atoms with van der Waals surface area (Å²) in [4.78, 5) is 7.30. The number of rotatable bonds is 0. The molecule has 15 rings (SSSR count). The summed E-state index contributed by atoms with van der Waals surface area (Å²) in [5.41, 5.74) is 8.44. The Morgan fingerprint density at radius 1 is 0.301 bits per heavy atom. The molecule has 4 aromatic heterocycles. The van der Waals surface area contributed by atoms with Crippen molar-refractivity contribution in [1.82, 2.24) is 20.2 Å². The molecule has 2 aliphatic rings. The number of fused-ring (bicyclic) bond motifs is 7. The van der Waals surface area contributed by atoms with Gasteiger partial charge in [-0.25, -0.2) is 0 Å². The highest BCUT2D eigenvalue weighted by atomic mass is 16.5. The molecule has 0 bridgehead atoms. The Labute approximate surface area is 635 Å². The first kappa shape index (κ1) is 112. The second kappa shape index (κ2) is 97.0. The van der Waals surface area contributed by atoms with Gasteiger partial charge in [0.2, 0.25) is 0 Å². The molecule has 0 radical (unpaired) electrons. The number of hydrogen-bond donors (Lipinski definition) is 3. The molecule has 3 N–H and O–H groups in total. The molecule has 7 heteroatoms. The van der Waals surface area contributed by atoms with Crippen molar-refractivity contribution in [2.75, 3.05) is 18.5 Å². The molecule has 574 valence electrons. The molecule has 7 nitrogen and oxygen atoms in total. The molecule has 6 heterocycles. The number of anilines is 1. The SMILES string of the molecule is CC.CC.CC.CC.CC.CC.CC.CC.CC.CC.CC.CC.CC.CC.CC.CC.c1ccc2[nH]ccc2c1.c1ccc2[nH]ncc2c1.c1ccc2c(c1)CCN2.c1ccc2c(c1)CCO2.c1ccc2ccccc2c1.c1ccc2ncccc2c1.c1ccc2occc2c1.c1ccccc1. The van der Waals surface area contributed by atoms with Crippen molar-refractivity contribution in [2.24, 2.45) is 0 Å². The lowest BCUT2D eigenvalue weighted by Gasteiger charge is -1.94. The largest absolute Gasteiger partial charge is 0.493 e. The first-order valence-corrected chi connectivity index (χ1v) is 39.9. The van der Waals surface area contributed by atoms with Crippen LogP contribution in [0.15, 0.2) is 284 Å². The number of benzene rings is 9. The molecule has 0 saturated carbocycles. The summed E-state index contributed by atoms with van der Waals surface area (Å²) in [6, 6.07) is 85.6. The molecule has 13 aromatic rings. The number of aromatic amines is 2. The Morgan fingerprint density at radius 3 is 1.15 bits per heavy atom. The predicted molar refractivity (Wildman–Crippen MR) is 479 cm³/mol. The summed E-state index contributed by atoms with van der Waals surface area (Å²) in [6.45, 7) is 66.0. The smallest absolute Gasteiger partial charge is 0.133 e. The molecule has 2 aliphatic heterocycles. The quantitative estimate of drug-likeness (QED) is 0.141. The fourth-order valence-electron chi connectivity index (χ4n) is 7.68. The van der Waals surface area contributed by atoms with E-state index in [4.69, 9.17) is 9.15 Å². The predicted octanol–water partition coefficient (Wildman–Crippen LogP) is 32.6. The topological polar surface area (TPSA) is 91.8 Å². The average Bonchev–Trinajstić information content (AvgIpc) is 1.84. The Kier molecular flexibility index (Phi) is 106. The van der Waals surface area contributed by atoms with E-state index < -0.39 is 0 Å². The fraction of sp³-hybridized carbons (Fsp3) is 0.375. The van der Waals surface area contributed by atoms with Crippen molar-refractivity contribution < 1.29 is 9.15 Å². The monoisotopic (exact) mass is 1410 g/mol. The molecule has 0 saturated heterocycles. The summed E-state index contributed by atoms with van der Waals surface area (Å²) in [5.74, 6) is 1.07. The summed E-state index contributed by atoms with van der Waals surface area (Å²) >= 11 is 0. The van der Waals surface area contributed by atoms with Gasteiger partial charge in [0.05, 0.1) is 30.1 Å². The van der Waals surface area contributed by atoms with Crippen LogP contribution in [0.25, 0.3) is 54.5 Å². The average molecular weight is 1410 g/mol. The van der Waals surface area contributed by atoms with Gasteiger partial charge in [0.15, 0.2) is 0 Å². The Hall–Kier alpha value is -9.20. The lowest BCUT2D eigenvalue weighted by atomic mass is 10.1. The third-order valence-corrected chi connectivity index (χ3v) is 11.3. The molecule has 0 aliphatic carbocycles. The maximum absolute atomic E-state index is 5.30. The van der Waals surface area contributed by atoms with Gasteiger partial charge >= 0.3 is 0 Å². The van der Waals surface area contributed by atoms with E-state index in [1.807, 2.05) is 386 Å². The maximum Gasteiger partial charge on any atom is 0.133 e. The highest BCUT2D eigenvalue weighted by Gasteiger charge is 2.08. The molecule has 0 spiro atoms. The molecule has 0 amide bonds. The van der Waals surface area contributed by atoms with Crippen LogP contribution in [0, 0.1) is 0 Å². The third-order valence-electron chi connectivity index (χ3n) is 11.3. The lowest BCUT2D eigenvalue weighted by molar-refractivity contribution is 0.357. The van der Waals surface area contributed by atoms with Crippen LogP contribution in [-0.4, -0.2) is 33.3 Å². The van der Waals surface area contributed by atoms with Crippen LogP contribution in [-0.2, 0) is 12.8 Å². The standard InChI is InChI=1S/C10H8.C9H7N.C8H9N.C8H7N.C8H8O.C8H6O.C7H6N2.C6H6.16C2H6/c1-2-6-10-8-4-3-7-9(10)5-1;1-2-6-9-8(4-1)5-3-7-10-9;4*1-2-4-8-7(3-1)5-6-9-8;1-2-4-7-6(3-1)5-8-9-7;1-2-4-6-5-3-1;16*1-2/h1-8H;1-7H;1-4,9H,5-6H2;1-6,9H;1-4H,5-6H2;1-6H;1-5H,(H,8,9);1-6H;16*1-2H3. The first-order chi connectivity index (χ1) is 51.3. The van der Waals surface area contributed by atoms with Gasteiger partial charge in [0.1, 0.15) is 11.3 Å². The van der Waals surface area contributed by atoms with E-state index in [1.54, 1.807) is 6.26 Å². The second-order valence-corrected chi connectivity index (χ2v) is 16.2. The number of pyridine rings is 1. The first-order valence-electron chi connectivity index (χ1n) is 39.9. The van der Waals surface area contributed by atoms with Crippen molar-refractivity contribution in [3.8, 4) is 5.75 Å². The lowest BCUT2D eigenvalue weighted by Crippen LogP contribution is -1.90. The van der Waals surface area contributed by atoms with Gasteiger partial charge in [-0.1, -0.05) is 422 Å².